The van der Waals surface area contributed by atoms with Crippen molar-refractivity contribution in [2.45, 2.75) is 33.2 Å². The van der Waals surface area contributed by atoms with E-state index in [2.05, 4.69) is 27.1 Å². The summed E-state index contributed by atoms with van der Waals surface area (Å²) in [5, 5.41) is 4.03. The number of hydrogen-bond acceptors (Lipinski definition) is 6. The van der Waals surface area contributed by atoms with E-state index in [1.165, 1.54) is 28.7 Å². The normalized spacial score (nSPS) is 16.9. The monoisotopic (exact) mass is 431 g/mol. The van der Waals surface area contributed by atoms with Crippen LogP contribution in [0.15, 0.2) is 29.3 Å². The van der Waals surface area contributed by atoms with Gasteiger partial charge in [-0.3, -0.25) is 14.2 Å². The van der Waals surface area contributed by atoms with Gasteiger partial charge < -0.3 is 10.2 Å². The number of benzene rings is 1. The molecule has 1 aliphatic rings. The number of rotatable bonds is 4. The van der Waals surface area contributed by atoms with Gasteiger partial charge in [-0.15, -0.1) is 0 Å². The number of nitrogens with zero attached hydrogens (tertiary/aromatic N) is 4. The van der Waals surface area contributed by atoms with E-state index in [1.807, 2.05) is 13.0 Å². The number of halogens is 1. The highest BCUT2D eigenvalue weighted by molar-refractivity contribution is 7.22. The Morgan fingerprint density at radius 2 is 2.24 bits per heavy atom. The Kier molecular flexibility index (Phi) is 5.56. The van der Waals surface area contributed by atoms with Crippen LogP contribution in [0.5, 0.6) is 0 Å². The maximum Gasteiger partial charge on any atom is 0.273 e. The summed E-state index contributed by atoms with van der Waals surface area (Å²) in [5.74, 6) is 0.270. The van der Waals surface area contributed by atoms with E-state index < -0.39 is 0 Å². The molecule has 3 heterocycles. The summed E-state index contributed by atoms with van der Waals surface area (Å²) < 4.78 is 1.78. The van der Waals surface area contributed by atoms with Crippen molar-refractivity contribution < 1.29 is 4.79 Å². The Labute approximate surface area is 177 Å². The third-order valence-electron chi connectivity index (χ3n) is 5.01. The van der Waals surface area contributed by atoms with Crippen LogP contribution in [0.25, 0.3) is 10.3 Å². The fourth-order valence-corrected chi connectivity index (χ4v) is 4.80. The fraction of sp³-hybridized carbons (Fsp3) is 0.400. The van der Waals surface area contributed by atoms with Crippen molar-refractivity contribution in [2.75, 3.05) is 23.3 Å². The van der Waals surface area contributed by atoms with Crippen LogP contribution in [-0.4, -0.2) is 33.5 Å². The average molecular weight is 432 g/mol. The van der Waals surface area contributed by atoms with Crippen LogP contribution in [0.2, 0.25) is 5.02 Å². The zero-order valence-electron chi connectivity index (χ0n) is 16.3. The van der Waals surface area contributed by atoms with Gasteiger partial charge in [0.15, 0.2) is 10.8 Å². The molecule has 1 saturated heterocycles. The molecule has 1 fully saturated rings. The molecule has 1 amide bonds. The lowest BCUT2D eigenvalue weighted by molar-refractivity contribution is -0.116. The molecule has 152 valence electrons. The maximum absolute atomic E-state index is 12.9. The van der Waals surface area contributed by atoms with Gasteiger partial charge in [-0.05, 0) is 43.4 Å². The molecular weight excluding hydrogens is 410 g/mol. The third-order valence-corrected chi connectivity index (χ3v) is 6.42. The van der Waals surface area contributed by atoms with Crippen molar-refractivity contribution >= 4 is 50.0 Å². The van der Waals surface area contributed by atoms with Gasteiger partial charge in [0.05, 0.1) is 10.7 Å². The highest BCUT2D eigenvalue weighted by Crippen LogP contribution is 2.29. The van der Waals surface area contributed by atoms with Crippen molar-refractivity contribution in [1.29, 1.82) is 0 Å². The summed E-state index contributed by atoms with van der Waals surface area (Å²) in [5.41, 5.74) is 1.70. The SMILES string of the molecule is Cc1ccc(NC(=O)Cn2cnc3nc(N4CCC[C@@H](C)C4)sc3c2=O)c(Cl)c1. The minimum atomic E-state index is -0.339. The van der Waals surface area contributed by atoms with Crippen LogP contribution < -0.4 is 15.8 Å². The first-order chi connectivity index (χ1) is 13.9. The maximum atomic E-state index is 12.9. The molecule has 0 bridgehead atoms. The fourth-order valence-electron chi connectivity index (χ4n) is 3.51. The topological polar surface area (TPSA) is 80.1 Å². The number of nitrogens with one attached hydrogen (secondary N) is 1. The van der Waals surface area contributed by atoms with Gasteiger partial charge >= 0.3 is 0 Å². The number of amides is 1. The van der Waals surface area contributed by atoms with Crippen molar-refractivity contribution in [3.63, 3.8) is 0 Å². The molecule has 3 aromatic rings. The van der Waals surface area contributed by atoms with Gasteiger partial charge in [-0.25, -0.2) is 4.98 Å². The van der Waals surface area contributed by atoms with Crippen LogP contribution in [0.3, 0.4) is 0 Å². The Bertz CT molecular complexity index is 1130. The molecule has 7 nitrogen and oxygen atoms in total. The number of aromatic nitrogens is 3. The second kappa shape index (κ2) is 8.12. The van der Waals surface area contributed by atoms with Crippen LogP contribution in [-0.2, 0) is 11.3 Å². The van der Waals surface area contributed by atoms with Gasteiger partial charge in [0.2, 0.25) is 5.91 Å². The van der Waals surface area contributed by atoms with Crippen LogP contribution in [0.4, 0.5) is 10.8 Å². The first-order valence-corrected chi connectivity index (χ1v) is 10.8. The van der Waals surface area contributed by atoms with Crippen molar-refractivity contribution in [2.24, 2.45) is 5.92 Å². The molecule has 0 radical (unpaired) electrons. The standard InChI is InChI=1S/C20H22ClN5O2S/c1-12-5-6-15(14(21)8-12)23-16(27)10-26-11-22-18-17(19(26)28)29-20(24-18)25-7-3-4-13(2)9-25/h5-6,8,11,13H,3-4,7,9-10H2,1-2H3,(H,23,27)/t13-/m1/s1. The van der Waals surface area contributed by atoms with Crippen LogP contribution in [0, 0.1) is 12.8 Å². The predicted molar refractivity (Wildman–Crippen MR) is 117 cm³/mol. The summed E-state index contributed by atoms with van der Waals surface area (Å²) in [4.78, 5) is 36.3. The number of anilines is 2. The quantitative estimate of drug-likeness (QED) is 0.681. The number of thiazole rings is 1. The molecular formula is C20H22ClN5O2S. The second-order valence-electron chi connectivity index (χ2n) is 7.55. The van der Waals surface area contributed by atoms with Gasteiger partial charge in [-0.2, -0.15) is 4.98 Å². The van der Waals surface area contributed by atoms with Gasteiger partial charge in [-0.1, -0.05) is 35.9 Å². The number of carbonyl (C=O) groups is 1. The molecule has 0 saturated carbocycles. The number of aryl methyl sites for hydroxylation is 1. The summed E-state index contributed by atoms with van der Waals surface area (Å²) >= 11 is 7.51. The molecule has 1 aromatic carbocycles. The average Bonchev–Trinajstić information content (AvgIpc) is 3.12. The van der Waals surface area contributed by atoms with E-state index in [4.69, 9.17) is 11.6 Å². The number of fused-ring (bicyclic) bond motifs is 1. The molecule has 2 aromatic heterocycles. The third kappa shape index (κ3) is 4.28. The van der Waals surface area contributed by atoms with E-state index >= 15 is 0 Å². The summed E-state index contributed by atoms with van der Waals surface area (Å²) in [6.45, 7) is 5.89. The predicted octanol–water partition coefficient (Wildman–Crippen LogP) is 3.69. The first kappa shape index (κ1) is 19.8. The molecule has 0 spiro atoms. The minimum Gasteiger partial charge on any atom is -0.348 e. The largest absolute Gasteiger partial charge is 0.348 e. The molecule has 1 atom stereocenters. The summed E-state index contributed by atoms with van der Waals surface area (Å²) in [6, 6.07) is 5.38. The van der Waals surface area contributed by atoms with E-state index in [0.717, 1.165) is 30.2 Å². The molecule has 0 aliphatic carbocycles. The Hall–Kier alpha value is -2.45. The molecule has 9 heteroatoms. The van der Waals surface area contributed by atoms with Crippen molar-refractivity contribution in [3.8, 4) is 0 Å². The minimum absolute atomic E-state index is 0.139. The zero-order valence-corrected chi connectivity index (χ0v) is 17.9. The lowest BCUT2D eigenvalue weighted by Gasteiger charge is -2.30. The first-order valence-electron chi connectivity index (χ1n) is 9.57. The smallest absolute Gasteiger partial charge is 0.273 e. The lowest BCUT2D eigenvalue weighted by atomic mass is 10.0. The zero-order chi connectivity index (χ0) is 20.5. The van der Waals surface area contributed by atoms with Gasteiger partial charge in [0, 0.05) is 13.1 Å². The van der Waals surface area contributed by atoms with Gasteiger partial charge in [0.1, 0.15) is 17.6 Å². The Morgan fingerprint density at radius 3 is 3.00 bits per heavy atom. The Morgan fingerprint density at radius 1 is 1.41 bits per heavy atom. The highest BCUT2D eigenvalue weighted by Gasteiger charge is 2.21. The molecule has 1 N–H and O–H groups in total. The lowest BCUT2D eigenvalue weighted by Crippen LogP contribution is -2.34. The molecule has 1 aliphatic heterocycles. The van der Waals surface area contributed by atoms with E-state index in [9.17, 15) is 9.59 Å². The van der Waals surface area contributed by atoms with Crippen LogP contribution >= 0.6 is 22.9 Å². The molecule has 4 rings (SSSR count). The highest BCUT2D eigenvalue weighted by atomic mass is 35.5. The van der Waals surface area contributed by atoms with Crippen molar-refractivity contribution in [3.05, 3.63) is 45.5 Å². The van der Waals surface area contributed by atoms with E-state index in [0.29, 0.717) is 27.0 Å². The Balaban J connectivity index is 1.54. The summed E-state index contributed by atoms with van der Waals surface area (Å²) in [7, 11) is 0. The van der Waals surface area contributed by atoms with Gasteiger partial charge in [0.25, 0.3) is 5.56 Å². The number of carbonyl (C=O) groups excluding carboxylic acids is 1. The number of hydrogen-bond donors (Lipinski definition) is 1. The van der Waals surface area contributed by atoms with E-state index in [1.54, 1.807) is 12.1 Å². The van der Waals surface area contributed by atoms with E-state index in [-0.39, 0.29) is 18.0 Å². The molecule has 29 heavy (non-hydrogen) atoms. The van der Waals surface area contributed by atoms with Crippen molar-refractivity contribution in [1.82, 2.24) is 14.5 Å². The summed E-state index contributed by atoms with van der Waals surface area (Å²) in [6.07, 6.45) is 3.71. The number of piperidine rings is 1. The molecule has 0 unspecified atom stereocenters. The second-order valence-corrected chi connectivity index (χ2v) is 8.94. The van der Waals surface area contributed by atoms with Crippen LogP contribution in [0.1, 0.15) is 25.3 Å².